The molecule has 0 saturated heterocycles. The summed E-state index contributed by atoms with van der Waals surface area (Å²) in [6, 6.07) is 0. The van der Waals surface area contributed by atoms with E-state index in [1.54, 1.807) is 0 Å². The molecule has 4 heteroatoms. The average Bonchev–Trinajstić information content (AvgIpc) is 1.57. The predicted molar refractivity (Wildman–Crippen MR) is 62.4 cm³/mol. The van der Waals surface area contributed by atoms with E-state index in [0.717, 1.165) is 0 Å². The Morgan fingerprint density at radius 2 is 1.00 bits per heavy atom. The molecule has 62 valence electrons. The van der Waals surface area contributed by atoms with Gasteiger partial charge in [-0.15, -0.1) is 0 Å². The van der Waals surface area contributed by atoms with E-state index in [9.17, 15) is 0 Å². The van der Waals surface area contributed by atoms with Crippen molar-refractivity contribution in [3.05, 3.63) is 0 Å². The van der Waals surface area contributed by atoms with Gasteiger partial charge in [0, 0.05) is 0 Å². The second-order valence-electron chi connectivity index (χ2n) is 3.94. The maximum atomic E-state index is 3.85. The third kappa shape index (κ3) is 10.6. The third-order valence-corrected chi connectivity index (χ3v) is 18.9. The molecule has 0 bridgehead atoms. The van der Waals surface area contributed by atoms with E-state index in [4.69, 9.17) is 0 Å². The quantitative estimate of drug-likeness (QED) is 0.527. The van der Waals surface area contributed by atoms with Crippen LogP contribution in [-0.2, 0) is 0 Å². The third-order valence-electron chi connectivity index (χ3n) is 1.31. The van der Waals surface area contributed by atoms with Crippen LogP contribution >= 0.6 is 25.4 Å². The molecule has 0 aromatic heterocycles. The van der Waals surface area contributed by atoms with E-state index in [1.807, 2.05) is 0 Å². The van der Waals surface area contributed by atoms with E-state index >= 15 is 0 Å². The molecule has 0 unspecified atom stereocenters. The zero-order chi connectivity index (χ0) is 8.41. The average molecular weight is 485 g/mol. The van der Waals surface area contributed by atoms with Gasteiger partial charge < -0.3 is 0 Å². The number of hydrogen-bond donors (Lipinski definition) is 0. The summed E-state index contributed by atoms with van der Waals surface area (Å²) >= 11 is 4.54. The predicted octanol–water partition coefficient (Wildman–Crippen LogP) is 4.19. The molecule has 0 aliphatic rings. The summed E-state index contributed by atoms with van der Waals surface area (Å²) in [6.45, 7) is 0. The second-order valence-corrected chi connectivity index (χ2v) is 55.2. The minimum atomic E-state index is -1.58. The minimum absolute atomic E-state index is 1.50. The van der Waals surface area contributed by atoms with Gasteiger partial charge in [0.2, 0.25) is 0 Å². The Labute approximate surface area is 84.8 Å². The molecule has 0 saturated carbocycles. The molecule has 0 N–H and O–H groups in total. The van der Waals surface area contributed by atoms with E-state index in [1.165, 1.54) is 8.87 Å². The molecule has 0 atom stereocenters. The van der Waals surface area contributed by atoms with Crippen LogP contribution < -0.4 is 0 Å². The van der Waals surface area contributed by atoms with Gasteiger partial charge in [-0.25, -0.2) is 0 Å². The summed E-state index contributed by atoms with van der Waals surface area (Å²) < 4.78 is 3.01. The summed E-state index contributed by atoms with van der Waals surface area (Å²) in [4.78, 5) is 9.77. The van der Waals surface area contributed by atoms with Crippen molar-refractivity contribution in [1.29, 1.82) is 0 Å². The normalized spacial score (nSPS) is 13.8. The molecule has 0 amide bonds. The van der Waals surface area contributed by atoms with Gasteiger partial charge in [0.25, 0.3) is 0 Å². The molecular formula is C6H16Br2Sn2. The van der Waals surface area contributed by atoms with E-state index < -0.39 is 32.3 Å². The summed E-state index contributed by atoms with van der Waals surface area (Å²) in [5, 5.41) is 0. The Morgan fingerprint density at radius 1 is 0.800 bits per heavy atom. The molecule has 0 heterocycles. The van der Waals surface area contributed by atoms with Crippen LogP contribution in [0.15, 0.2) is 0 Å². The first-order chi connectivity index (χ1) is 4.21. The Hall–Kier alpha value is 2.56. The van der Waals surface area contributed by atoms with Crippen LogP contribution in [0.4, 0.5) is 0 Å². The van der Waals surface area contributed by atoms with E-state index in [2.05, 4.69) is 45.2 Å². The fraction of sp³-hybridized carbons (Fsp3) is 1.00. The van der Waals surface area contributed by atoms with Crippen LogP contribution in [-0.4, -0.2) is 32.3 Å². The van der Waals surface area contributed by atoms with Gasteiger partial charge in [-0.2, -0.15) is 0 Å². The van der Waals surface area contributed by atoms with Crippen LogP contribution in [0.25, 0.3) is 0 Å². The first-order valence-corrected chi connectivity index (χ1v) is 31.8. The first kappa shape index (κ1) is 12.6. The summed E-state index contributed by atoms with van der Waals surface area (Å²) in [7, 11) is 0. The Morgan fingerprint density at radius 3 is 1.10 bits per heavy atom. The molecule has 0 spiro atoms. The van der Waals surface area contributed by atoms with Crippen LogP contribution in [0, 0.1) is 0 Å². The van der Waals surface area contributed by atoms with Gasteiger partial charge in [-0.05, 0) is 0 Å². The number of hydrogen-bond acceptors (Lipinski definition) is 0. The summed E-state index contributed by atoms with van der Waals surface area (Å²) in [5.74, 6) is 0. The van der Waals surface area contributed by atoms with Gasteiger partial charge >= 0.3 is 86.4 Å². The summed E-state index contributed by atoms with van der Waals surface area (Å²) in [6.07, 6.45) is 0. The van der Waals surface area contributed by atoms with Crippen LogP contribution in [0.1, 0.15) is 0 Å². The molecule has 10 heavy (non-hydrogen) atoms. The summed E-state index contributed by atoms with van der Waals surface area (Å²) in [5.41, 5.74) is 0. The molecule has 0 aromatic carbocycles. The fourth-order valence-corrected chi connectivity index (χ4v) is 44.6. The molecule has 0 aliphatic heterocycles. The van der Waals surface area contributed by atoms with Crippen LogP contribution in [0.5, 0.6) is 0 Å². The van der Waals surface area contributed by atoms with Crippen molar-refractivity contribution < 1.29 is 0 Å². The maximum absolute atomic E-state index is 3.85. The van der Waals surface area contributed by atoms with Crippen molar-refractivity contribution in [1.82, 2.24) is 0 Å². The van der Waals surface area contributed by atoms with Crippen molar-refractivity contribution in [2.24, 2.45) is 0 Å². The van der Waals surface area contributed by atoms with Gasteiger partial charge in [-0.1, -0.05) is 0 Å². The standard InChI is InChI=1S/C2H4.4CH3.2BrH.2Sn/c1-2;;;;;;;;/h1-2H2;4*1H3;2*1H;;/q;;;;;;;2*+1/p-2. The van der Waals surface area contributed by atoms with E-state index in [0.29, 0.717) is 0 Å². The second kappa shape index (κ2) is 4.70. The molecular weight excluding hydrogens is 469 g/mol. The van der Waals surface area contributed by atoms with Gasteiger partial charge in [0.1, 0.15) is 0 Å². The zero-order valence-corrected chi connectivity index (χ0v) is 16.1. The van der Waals surface area contributed by atoms with Crippen molar-refractivity contribution in [2.75, 3.05) is 0 Å². The first-order valence-electron chi connectivity index (χ1n) is 3.59. The van der Waals surface area contributed by atoms with Crippen LogP contribution in [0.2, 0.25) is 28.6 Å². The van der Waals surface area contributed by atoms with Gasteiger partial charge in [0.05, 0.1) is 0 Å². The Balaban J connectivity index is 3.56. The molecule has 0 rings (SSSR count). The monoisotopic (exact) mass is 486 g/mol. The van der Waals surface area contributed by atoms with Gasteiger partial charge in [-0.3, -0.25) is 0 Å². The SMILES string of the molecule is [CH3][Sn]([CH3])([Br])[CH2][CH2][Sn]([CH3])([CH3])[Br]. The number of rotatable bonds is 3. The van der Waals surface area contributed by atoms with Crippen molar-refractivity contribution >= 4 is 57.7 Å². The zero-order valence-electron chi connectivity index (χ0n) is 7.17. The molecule has 0 aromatic rings. The van der Waals surface area contributed by atoms with E-state index in [-0.39, 0.29) is 0 Å². The molecule has 0 fully saturated rings. The molecule has 0 aliphatic carbocycles. The van der Waals surface area contributed by atoms with Crippen molar-refractivity contribution in [2.45, 2.75) is 28.6 Å². The molecule has 0 radical (unpaired) electrons. The topological polar surface area (TPSA) is 0 Å². The number of halogens is 2. The fourth-order valence-electron chi connectivity index (χ4n) is 0.594. The Kier molecular flexibility index (Phi) is 5.90. The van der Waals surface area contributed by atoms with Crippen LogP contribution in [0.3, 0.4) is 0 Å². The van der Waals surface area contributed by atoms with Crippen molar-refractivity contribution in [3.8, 4) is 0 Å². The molecule has 0 nitrogen and oxygen atoms in total. The van der Waals surface area contributed by atoms with Gasteiger partial charge in [0.15, 0.2) is 0 Å². The van der Waals surface area contributed by atoms with Crippen molar-refractivity contribution in [3.63, 3.8) is 0 Å². The Bertz CT molecular complexity index is 87.3.